The Balaban J connectivity index is 1.62. The Morgan fingerprint density at radius 1 is 1.50 bits per heavy atom. The number of carbonyl (C=O) groups is 1. The highest BCUT2D eigenvalue weighted by molar-refractivity contribution is 5.78. The summed E-state index contributed by atoms with van der Waals surface area (Å²) in [5.74, 6) is 0.303. The molecule has 1 fully saturated rings. The highest BCUT2D eigenvalue weighted by Gasteiger charge is 2.24. The minimum Gasteiger partial charge on any atom is -0.356 e. The lowest BCUT2D eigenvalue weighted by molar-refractivity contribution is -0.126. The van der Waals surface area contributed by atoms with Crippen molar-refractivity contribution in [2.24, 2.45) is 11.7 Å². The zero-order valence-electron chi connectivity index (χ0n) is 10.7. The van der Waals surface area contributed by atoms with E-state index in [1.165, 1.54) is 0 Å². The molecule has 1 amide bonds. The van der Waals surface area contributed by atoms with Crippen molar-refractivity contribution in [2.45, 2.75) is 44.7 Å². The van der Waals surface area contributed by atoms with Gasteiger partial charge in [-0.05, 0) is 25.7 Å². The number of aromatic nitrogens is 2. The van der Waals surface area contributed by atoms with Gasteiger partial charge >= 0.3 is 0 Å². The van der Waals surface area contributed by atoms with Gasteiger partial charge in [-0.1, -0.05) is 6.42 Å². The summed E-state index contributed by atoms with van der Waals surface area (Å²) in [4.78, 5) is 15.9. The number of carbonyl (C=O) groups excluding carboxylic acids is 1. The lowest BCUT2D eigenvalue weighted by atomic mass is 9.85. The van der Waals surface area contributed by atoms with Crippen LogP contribution in [0.25, 0.3) is 0 Å². The summed E-state index contributed by atoms with van der Waals surface area (Å²) in [6.07, 6.45) is 10.4. The molecule has 1 heterocycles. The third-order valence-corrected chi connectivity index (χ3v) is 3.54. The van der Waals surface area contributed by atoms with Gasteiger partial charge in [0, 0.05) is 37.4 Å². The first kappa shape index (κ1) is 13.1. The number of nitrogens with two attached hydrogens (primary N) is 1. The highest BCUT2D eigenvalue weighted by atomic mass is 16.1. The predicted molar refractivity (Wildman–Crippen MR) is 69.8 cm³/mol. The molecule has 5 nitrogen and oxygen atoms in total. The molecule has 0 spiro atoms. The molecule has 2 atom stereocenters. The molecule has 1 aromatic rings. The van der Waals surface area contributed by atoms with Gasteiger partial charge in [0.15, 0.2) is 0 Å². The minimum atomic E-state index is 0.127. The maximum atomic E-state index is 11.9. The van der Waals surface area contributed by atoms with Gasteiger partial charge in [0.2, 0.25) is 5.91 Å². The van der Waals surface area contributed by atoms with E-state index in [0.29, 0.717) is 0 Å². The van der Waals surface area contributed by atoms with Crippen molar-refractivity contribution >= 4 is 5.91 Å². The first-order valence-corrected chi connectivity index (χ1v) is 6.75. The molecule has 1 aliphatic rings. The number of nitrogens with zero attached hydrogens (tertiary/aromatic N) is 2. The normalized spacial score (nSPS) is 23.8. The van der Waals surface area contributed by atoms with E-state index in [1.807, 2.05) is 10.8 Å². The standard InChI is InChI=1S/C13H22N4O/c14-12-4-1-3-11(9-12)13(18)16-5-2-7-17-8-6-15-10-17/h6,8,10-12H,1-5,7,9,14H2,(H,16,18). The lowest BCUT2D eigenvalue weighted by Crippen LogP contribution is -2.38. The van der Waals surface area contributed by atoms with E-state index in [1.54, 1.807) is 12.5 Å². The van der Waals surface area contributed by atoms with Crippen LogP contribution in [-0.2, 0) is 11.3 Å². The van der Waals surface area contributed by atoms with E-state index in [2.05, 4.69) is 10.3 Å². The fourth-order valence-corrected chi connectivity index (χ4v) is 2.50. The maximum Gasteiger partial charge on any atom is 0.223 e. The monoisotopic (exact) mass is 250 g/mol. The topological polar surface area (TPSA) is 72.9 Å². The van der Waals surface area contributed by atoms with Crippen molar-refractivity contribution in [3.8, 4) is 0 Å². The van der Waals surface area contributed by atoms with Crippen molar-refractivity contribution in [3.05, 3.63) is 18.7 Å². The molecule has 0 radical (unpaired) electrons. The van der Waals surface area contributed by atoms with Crippen molar-refractivity contribution < 1.29 is 4.79 Å². The minimum absolute atomic E-state index is 0.127. The van der Waals surface area contributed by atoms with Gasteiger partial charge in [-0.3, -0.25) is 4.79 Å². The summed E-state index contributed by atoms with van der Waals surface area (Å²) in [5.41, 5.74) is 5.89. The van der Waals surface area contributed by atoms with Crippen LogP contribution in [0.1, 0.15) is 32.1 Å². The van der Waals surface area contributed by atoms with Crippen LogP contribution in [-0.4, -0.2) is 28.0 Å². The number of rotatable bonds is 5. The lowest BCUT2D eigenvalue weighted by Gasteiger charge is -2.25. The van der Waals surface area contributed by atoms with Crippen molar-refractivity contribution in [2.75, 3.05) is 6.54 Å². The maximum absolute atomic E-state index is 11.9. The summed E-state index contributed by atoms with van der Waals surface area (Å²) >= 11 is 0. The Morgan fingerprint density at radius 3 is 3.11 bits per heavy atom. The molecule has 1 aromatic heterocycles. The molecular weight excluding hydrogens is 228 g/mol. The van der Waals surface area contributed by atoms with Crippen LogP contribution in [0, 0.1) is 5.92 Å². The zero-order valence-corrected chi connectivity index (χ0v) is 10.7. The molecule has 18 heavy (non-hydrogen) atoms. The molecular formula is C13H22N4O. The van der Waals surface area contributed by atoms with Crippen molar-refractivity contribution in [1.29, 1.82) is 0 Å². The number of hydrogen-bond acceptors (Lipinski definition) is 3. The van der Waals surface area contributed by atoms with Crippen LogP contribution in [0.4, 0.5) is 0 Å². The molecule has 0 saturated heterocycles. The van der Waals surface area contributed by atoms with E-state index in [9.17, 15) is 4.79 Å². The second-order valence-corrected chi connectivity index (χ2v) is 5.07. The second-order valence-electron chi connectivity index (χ2n) is 5.07. The van der Waals surface area contributed by atoms with Gasteiger partial charge in [0.25, 0.3) is 0 Å². The van der Waals surface area contributed by atoms with Gasteiger partial charge in [-0.2, -0.15) is 0 Å². The van der Waals surface area contributed by atoms with E-state index >= 15 is 0 Å². The molecule has 0 aromatic carbocycles. The molecule has 0 aliphatic heterocycles. The number of nitrogens with one attached hydrogen (secondary N) is 1. The summed E-state index contributed by atoms with van der Waals surface area (Å²) < 4.78 is 2.02. The van der Waals surface area contributed by atoms with Gasteiger partial charge < -0.3 is 15.6 Å². The number of aryl methyl sites for hydroxylation is 1. The van der Waals surface area contributed by atoms with E-state index in [4.69, 9.17) is 5.73 Å². The van der Waals surface area contributed by atoms with Crippen LogP contribution in [0.5, 0.6) is 0 Å². The molecule has 1 saturated carbocycles. The molecule has 3 N–H and O–H groups in total. The molecule has 5 heteroatoms. The Morgan fingerprint density at radius 2 is 2.39 bits per heavy atom. The number of amides is 1. The Labute approximate surface area is 108 Å². The Hall–Kier alpha value is -1.36. The average molecular weight is 250 g/mol. The van der Waals surface area contributed by atoms with Crippen LogP contribution in [0.15, 0.2) is 18.7 Å². The van der Waals surface area contributed by atoms with E-state index in [-0.39, 0.29) is 17.9 Å². The number of hydrogen-bond donors (Lipinski definition) is 2. The van der Waals surface area contributed by atoms with Gasteiger partial charge in [-0.15, -0.1) is 0 Å². The van der Waals surface area contributed by atoms with E-state index in [0.717, 1.165) is 45.2 Å². The zero-order chi connectivity index (χ0) is 12.8. The van der Waals surface area contributed by atoms with Crippen LogP contribution < -0.4 is 11.1 Å². The molecule has 1 aliphatic carbocycles. The summed E-state index contributed by atoms with van der Waals surface area (Å²) in [5, 5.41) is 3.01. The highest BCUT2D eigenvalue weighted by Crippen LogP contribution is 2.22. The Kier molecular flexibility index (Phi) is 4.75. The molecule has 2 unspecified atom stereocenters. The SMILES string of the molecule is NC1CCCC(C(=O)NCCCn2ccnc2)C1. The third-order valence-electron chi connectivity index (χ3n) is 3.54. The van der Waals surface area contributed by atoms with Gasteiger partial charge in [0.05, 0.1) is 6.33 Å². The van der Waals surface area contributed by atoms with Crippen molar-refractivity contribution in [3.63, 3.8) is 0 Å². The quantitative estimate of drug-likeness (QED) is 0.763. The predicted octanol–water partition coefficient (Wildman–Crippen LogP) is 0.907. The molecule has 100 valence electrons. The Bertz CT molecular complexity index is 363. The third kappa shape index (κ3) is 3.84. The van der Waals surface area contributed by atoms with Crippen LogP contribution >= 0.6 is 0 Å². The summed E-state index contributed by atoms with van der Waals surface area (Å²) in [6, 6.07) is 0.209. The van der Waals surface area contributed by atoms with Gasteiger partial charge in [-0.25, -0.2) is 4.98 Å². The largest absolute Gasteiger partial charge is 0.356 e. The van der Waals surface area contributed by atoms with Crippen LogP contribution in [0.3, 0.4) is 0 Å². The van der Waals surface area contributed by atoms with Crippen molar-refractivity contribution in [1.82, 2.24) is 14.9 Å². The average Bonchev–Trinajstić information content (AvgIpc) is 2.87. The first-order valence-electron chi connectivity index (χ1n) is 6.75. The second kappa shape index (κ2) is 6.54. The van der Waals surface area contributed by atoms with Gasteiger partial charge in [0.1, 0.15) is 0 Å². The smallest absolute Gasteiger partial charge is 0.223 e. The summed E-state index contributed by atoms with van der Waals surface area (Å²) in [6.45, 7) is 1.62. The number of imidazole rings is 1. The fraction of sp³-hybridized carbons (Fsp3) is 0.692. The molecule has 0 bridgehead atoms. The van der Waals surface area contributed by atoms with Crippen LogP contribution in [0.2, 0.25) is 0 Å². The van der Waals surface area contributed by atoms with E-state index < -0.39 is 0 Å². The molecule has 2 rings (SSSR count). The summed E-state index contributed by atoms with van der Waals surface area (Å²) in [7, 11) is 0. The fourth-order valence-electron chi connectivity index (χ4n) is 2.50. The first-order chi connectivity index (χ1) is 8.75.